The number of carbonyl (C=O) groups is 2. The molecule has 1 aliphatic heterocycles. The van der Waals surface area contributed by atoms with Crippen LogP contribution in [0.1, 0.15) is 61.8 Å². The van der Waals surface area contributed by atoms with Crippen molar-refractivity contribution in [3.05, 3.63) is 35.2 Å². The second kappa shape index (κ2) is 14.5. The Morgan fingerprint density at radius 2 is 1.95 bits per heavy atom. The third kappa shape index (κ3) is 8.36. The lowest BCUT2D eigenvalue weighted by molar-refractivity contribution is -0.0115. The first-order valence-electron chi connectivity index (χ1n) is 14.4. The van der Waals surface area contributed by atoms with Gasteiger partial charge in [-0.2, -0.15) is 0 Å². The van der Waals surface area contributed by atoms with Crippen LogP contribution in [0.5, 0.6) is 5.75 Å². The third-order valence-electron chi connectivity index (χ3n) is 7.62. The van der Waals surface area contributed by atoms with Gasteiger partial charge in [0.15, 0.2) is 5.76 Å². The number of hydrogen-bond acceptors (Lipinski definition) is 8. The average molecular weight is 574 g/mol. The Labute approximate surface area is 243 Å². The van der Waals surface area contributed by atoms with E-state index in [1.54, 1.807) is 30.7 Å². The smallest absolute Gasteiger partial charge is 0.321 e. The van der Waals surface area contributed by atoms with Crippen molar-refractivity contribution in [3.8, 4) is 5.75 Å². The van der Waals surface area contributed by atoms with Crippen LogP contribution < -0.4 is 15.0 Å². The number of benzene rings is 1. The lowest BCUT2D eigenvalue weighted by Crippen LogP contribution is -2.48. The zero-order chi connectivity index (χ0) is 30.3. The number of aromatic nitrogens is 1. The van der Waals surface area contributed by atoms with Crippen molar-refractivity contribution in [3.63, 3.8) is 0 Å². The summed E-state index contributed by atoms with van der Waals surface area (Å²) >= 11 is 0. The molecule has 11 heteroatoms. The molecule has 0 fully saturated rings. The van der Waals surface area contributed by atoms with Crippen molar-refractivity contribution >= 4 is 23.3 Å². The number of aryl methyl sites for hydroxylation is 2. The minimum Gasteiger partial charge on any atom is -0.490 e. The van der Waals surface area contributed by atoms with E-state index in [-0.39, 0.29) is 36.7 Å². The fourth-order valence-corrected chi connectivity index (χ4v) is 4.87. The van der Waals surface area contributed by atoms with Crippen molar-refractivity contribution in [2.75, 3.05) is 57.7 Å². The second-order valence-corrected chi connectivity index (χ2v) is 11.4. The Hall–Kier alpha value is -3.31. The highest BCUT2D eigenvalue weighted by atomic mass is 16.5. The van der Waals surface area contributed by atoms with Crippen LogP contribution in [0, 0.1) is 19.8 Å². The summed E-state index contributed by atoms with van der Waals surface area (Å²) in [5.41, 5.74) is 2.50. The predicted molar refractivity (Wildman–Crippen MR) is 159 cm³/mol. The number of aliphatic hydroxyl groups excluding tert-OH is 1. The number of nitrogens with zero attached hydrogens (tertiary/aromatic N) is 4. The van der Waals surface area contributed by atoms with Gasteiger partial charge in [0.1, 0.15) is 17.1 Å². The molecular weight excluding hydrogens is 526 g/mol. The Bertz CT molecular complexity index is 1150. The van der Waals surface area contributed by atoms with E-state index in [1.807, 2.05) is 58.0 Å². The second-order valence-electron chi connectivity index (χ2n) is 11.4. The van der Waals surface area contributed by atoms with Gasteiger partial charge in [0, 0.05) is 52.4 Å². The zero-order valence-corrected chi connectivity index (χ0v) is 25.8. The lowest BCUT2D eigenvalue weighted by Gasteiger charge is -2.36. The van der Waals surface area contributed by atoms with Crippen molar-refractivity contribution in [1.82, 2.24) is 15.0 Å². The maximum absolute atomic E-state index is 14.1. The van der Waals surface area contributed by atoms with Crippen molar-refractivity contribution in [2.45, 2.75) is 72.1 Å². The van der Waals surface area contributed by atoms with Crippen LogP contribution in [0.15, 0.2) is 22.7 Å². The van der Waals surface area contributed by atoms with Crippen LogP contribution in [0.25, 0.3) is 0 Å². The van der Waals surface area contributed by atoms with Gasteiger partial charge in [-0.05, 0) is 65.2 Å². The maximum atomic E-state index is 14.1. The van der Waals surface area contributed by atoms with Crippen LogP contribution in [-0.4, -0.2) is 97.7 Å². The molecule has 0 bridgehead atoms. The molecule has 3 amide bonds. The molecule has 3 rings (SSSR count). The summed E-state index contributed by atoms with van der Waals surface area (Å²) in [4.78, 5) is 32.4. The first kappa shape index (κ1) is 32.2. The summed E-state index contributed by atoms with van der Waals surface area (Å²) in [5.74, 6) is 0.710. The Morgan fingerprint density at radius 1 is 1.22 bits per heavy atom. The highest BCUT2D eigenvalue weighted by Gasteiger charge is 2.31. The number of fused-ring (bicyclic) bond motifs is 1. The molecule has 2 aromatic rings. The largest absolute Gasteiger partial charge is 0.490 e. The molecule has 41 heavy (non-hydrogen) atoms. The molecule has 0 saturated carbocycles. The monoisotopic (exact) mass is 573 g/mol. The molecule has 2 heterocycles. The van der Waals surface area contributed by atoms with Crippen LogP contribution in [-0.2, 0) is 4.74 Å². The summed E-state index contributed by atoms with van der Waals surface area (Å²) < 4.78 is 17.8. The number of aliphatic hydroxyl groups is 1. The number of ether oxygens (including phenoxy) is 2. The quantitative estimate of drug-likeness (QED) is 0.524. The number of carbonyl (C=O) groups excluding carboxylic acids is 2. The zero-order valence-electron chi connectivity index (χ0n) is 25.8. The predicted octanol–water partition coefficient (Wildman–Crippen LogP) is 4.32. The maximum Gasteiger partial charge on any atom is 0.321 e. The summed E-state index contributed by atoms with van der Waals surface area (Å²) in [7, 11) is 5.57. The Kier molecular flexibility index (Phi) is 11.4. The van der Waals surface area contributed by atoms with E-state index in [0.717, 1.165) is 24.9 Å². The van der Waals surface area contributed by atoms with E-state index >= 15 is 0 Å². The fraction of sp³-hybridized carbons (Fsp3) is 0.633. The molecule has 0 unspecified atom stereocenters. The minimum atomic E-state index is -0.438. The van der Waals surface area contributed by atoms with Crippen molar-refractivity contribution in [1.29, 1.82) is 0 Å². The molecule has 1 aliphatic rings. The number of amides is 3. The molecule has 0 aliphatic carbocycles. The number of likely N-dealkylation sites (N-methyl/N-ethyl adjacent to an activating group) is 1. The Morgan fingerprint density at radius 3 is 2.59 bits per heavy atom. The molecular formula is C30H47N5O6. The van der Waals surface area contributed by atoms with Gasteiger partial charge in [0.05, 0.1) is 30.4 Å². The van der Waals surface area contributed by atoms with E-state index in [9.17, 15) is 14.7 Å². The van der Waals surface area contributed by atoms with Crippen LogP contribution in [0.3, 0.4) is 0 Å². The van der Waals surface area contributed by atoms with Gasteiger partial charge in [-0.15, -0.1) is 0 Å². The number of anilines is 2. The van der Waals surface area contributed by atoms with Gasteiger partial charge >= 0.3 is 6.03 Å². The van der Waals surface area contributed by atoms with Crippen LogP contribution in [0.4, 0.5) is 16.2 Å². The minimum absolute atomic E-state index is 0.0905. The van der Waals surface area contributed by atoms with Crippen molar-refractivity contribution < 1.29 is 28.7 Å². The summed E-state index contributed by atoms with van der Waals surface area (Å²) in [6, 6.07) is 4.90. The molecule has 1 aromatic carbocycles. The number of hydrogen-bond donors (Lipinski definition) is 2. The average Bonchev–Trinajstić information content (AvgIpc) is 3.25. The van der Waals surface area contributed by atoms with E-state index in [0.29, 0.717) is 48.2 Å². The first-order chi connectivity index (χ1) is 19.4. The summed E-state index contributed by atoms with van der Waals surface area (Å²) in [6.45, 7) is 10.3. The molecule has 0 radical (unpaired) electrons. The molecule has 1 aromatic heterocycles. The number of nitrogens with one attached hydrogen (secondary N) is 1. The van der Waals surface area contributed by atoms with Gasteiger partial charge in [0.2, 0.25) is 0 Å². The standard InChI is InChI=1S/C30H47N5O6/c1-19-16-35(20(2)18-36)29(37)25-15-24(33(6)7)12-13-26(25)40-21(3)11-9-10-14-39-27(19)17-34(8)30(38)31-28-22(4)32-41-23(28)5/h12-13,15,19-21,27,36H,9-11,14,16-18H2,1-8H3,(H,31,38)/t19-,20+,21+,27-/m0/s1. The molecule has 2 N–H and O–H groups in total. The van der Waals surface area contributed by atoms with Crippen molar-refractivity contribution in [2.24, 2.45) is 5.92 Å². The number of urea groups is 1. The fourth-order valence-electron chi connectivity index (χ4n) is 4.87. The molecule has 0 spiro atoms. The Balaban J connectivity index is 1.89. The van der Waals surface area contributed by atoms with Crippen LogP contribution in [0.2, 0.25) is 0 Å². The van der Waals surface area contributed by atoms with E-state index in [2.05, 4.69) is 10.5 Å². The topological polar surface area (TPSA) is 121 Å². The summed E-state index contributed by atoms with van der Waals surface area (Å²) in [5, 5.41) is 16.9. The van der Waals surface area contributed by atoms with E-state index in [4.69, 9.17) is 14.0 Å². The highest BCUT2D eigenvalue weighted by Crippen LogP contribution is 2.29. The normalized spacial score (nSPS) is 21.3. The van der Waals surface area contributed by atoms with Gasteiger partial charge in [-0.25, -0.2) is 4.79 Å². The third-order valence-corrected chi connectivity index (χ3v) is 7.62. The highest BCUT2D eigenvalue weighted by molar-refractivity contribution is 5.98. The van der Waals surface area contributed by atoms with E-state index < -0.39 is 6.04 Å². The molecule has 0 saturated heterocycles. The number of rotatable bonds is 6. The van der Waals surface area contributed by atoms with E-state index in [1.165, 1.54) is 0 Å². The van der Waals surface area contributed by atoms with Gasteiger partial charge in [-0.3, -0.25) is 4.79 Å². The molecule has 11 nitrogen and oxygen atoms in total. The van der Waals surface area contributed by atoms with Crippen LogP contribution >= 0.6 is 0 Å². The van der Waals surface area contributed by atoms with Gasteiger partial charge in [-0.1, -0.05) is 12.1 Å². The lowest BCUT2D eigenvalue weighted by atomic mass is 10.0. The summed E-state index contributed by atoms with van der Waals surface area (Å²) in [6.07, 6.45) is 2.11. The van der Waals surface area contributed by atoms with Gasteiger partial charge in [0.25, 0.3) is 5.91 Å². The molecule has 4 atom stereocenters. The van der Waals surface area contributed by atoms with Gasteiger partial charge < -0.3 is 39.1 Å². The first-order valence-corrected chi connectivity index (χ1v) is 14.4. The SMILES string of the molecule is Cc1noc(C)c1NC(=O)N(C)C[C@@H]1OCCCC[C@@H](C)Oc2ccc(N(C)C)cc2C(=O)N([C@H](C)CO)C[C@@H]1C. The molecule has 228 valence electrons.